The summed E-state index contributed by atoms with van der Waals surface area (Å²) in [6, 6.07) is 9.24. The number of likely N-dealkylation sites (tertiary alicyclic amines) is 1. The van der Waals surface area contributed by atoms with Crippen LogP contribution in [0.1, 0.15) is 17.0 Å². The highest BCUT2D eigenvalue weighted by atomic mass is 35.5. The van der Waals surface area contributed by atoms with E-state index in [-0.39, 0.29) is 6.04 Å². The Kier molecular flexibility index (Phi) is 6.43. The van der Waals surface area contributed by atoms with Crippen LogP contribution in [-0.2, 0) is 13.1 Å². The zero-order valence-electron chi connectivity index (χ0n) is 20.8. The lowest BCUT2D eigenvalue weighted by Gasteiger charge is -2.45. The van der Waals surface area contributed by atoms with Crippen molar-refractivity contribution in [3.63, 3.8) is 0 Å². The number of piperazine rings is 1. The first kappa shape index (κ1) is 25.3. The number of benzene rings is 1. The molecule has 2 fully saturated rings. The van der Waals surface area contributed by atoms with Crippen LogP contribution in [-0.4, -0.2) is 87.6 Å². The number of rotatable bonds is 4. The molecule has 2 saturated heterocycles. The van der Waals surface area contributed by atoms with Crippen LogP contribution in [0.25, 0.3) is 5.69 Å². The second-order valence-corrected chi connectivity index (χ2v) is 10.6. The van der Waals surface area contributed by atoms with Crippen molar-refractivity contribution in [3.8, 4) is 5.69 Å². The molecule has 13 heteroatoms. The molecule has 1 aromatic carbocycles. The third-order valence-electron chi connectivity index (χ3n) is 7.48. The fourth-order valence-corrected chi connectivity index (χ4v) is 5.63. The smallest absolute Gasteiger partial charge is 0.353 e. The van der Waals surface area contributed by atoms with Crippen molar-refractivity contribution >= 4 is 23.4 Å². The molecule has 3 aliphatic rings. The molecule has 0 amide bonds. The number of nitrogens with zero attached hydrogens (tertiary/aromatic N) is 8. The molecule has 0 bridgehead atoms. The van der Waals surface area contributed by atoms with Crippen LogP contribution in [0.4, 0.5) is 29.3 Å². The minimum Gasteiger partial charge on any atom is -0.353 e. The lowest BCUT2D eigenvalue weighted by Crippen LogP contribution is -2.60. The molecule has 0 N–H and O–H groups in total. The van der Waals surface area contributed by atoms with Gasteiger partial charge < -0.3 is 9.80 Å². The number of hydrogen-bond acceptors (Lipinski definition) is 7. The van der Waals surface area contributed by atoms with Crippen molar-refractivity contribution in [2.24, 2.45) is 0 Å². The monoisotopic (exact) mass is 550 g/mol. The first-order chi connectivity index (χ1) is 18.1. The Morgan fingerprint density at radius 2 is 1.71 bits per heavy atom. The van der Waals surface area contributed by atoms with Crippen molar-refractivity contribution in [2.45, 2.75) is 32.2 Å². The van der Waals surface area contributed by atoms with Crippen molar-refractivity contribution in [1.82, 2.24) is 29.5 Å². The van der Waals surface area contributed by atoms with Gasteiger partial charge in [0, 0.05) is 62.4 Å². The van der Waals surface area contributed by atoms with Gasteiger partial charge in [-0.1, -0.05) is 17.7 Å². The summed E-state index contributed by atoms with van der Waals surface area (Å²) in [5.74, 6) is 1.60. The number of aryl methyl sites for hydroxylation is 1. The molecule has 0 radical (unpaired) electrons. The summed E-state index contributed by atoms with van der Waals surface area (Å²) < 4.78 is 54.5. The van der Waals surface area contributed by atoms with Crippen LogP contribution < -0.4 is 9.80 Å². The summed E-state index contributed by atoms with van der Waals surface area (Å²) in [6.07, 6.45) is -4.20. The molecule has 3 aliphatic heterocycles. The first-order valence-electron chi connectivity index (χ1n) is 12.5. The number of aromatic nitrogens is 4. The lowest BCUT2D eigenvalue weighted by atomic mass is 10.1. The van der Waals surface area contributed by atoms with Gasteiger partial charge in [0.05, 0.1) is 18.8 Å². The predicted octanol–water partition coefficient (Wildman–Crippen LogP) is 3.65. The Labute approximate surface area is 222 Å². The molecular formula is C25H27ClF4N8. The molecular weight excluding hydrogens is 524 g/mol. The fraction of sp³-hybridized carbons (Fsp3) is 0.480. The van der Waals surface area contributed by atoms with Gasteiger partial charge in [-0.25, -0.2) is 4.98 Å². The third kappa shape index (κ3) is 4.92. The Morgan fingerprint density at radius 3 is 2.42 bits per heavy atom. The molecule has 2 aromatic heterocycles. The average Bonchev–Trinajstić information content (AvgIpc) is 3.18. The highest BCUT2D eigenvalue weighted by molar-refractivity contribution is 6.30. The minimum atomic E-state index is -4.20. The molecule has 3 aromatic rings. The standard InChI is InChI=1S/C25H27ClF4N8/c1-16-2-5-21(31-23(16)27)35-6-8-36(9-7-35)24-33-32-22-14-37(19-12-34(13-19)15-25(28,29)30)11-17-10-18(26)3-4-20(17)38(22)24/h2-5,10,19H,6-9,11-15H2,1H3. The number of hydrogen-bond donors (Lipinski definition) is 0. The van der Waals surface area contributed by atoms with E-state index in [0.717, 1.165) is 17.1 Å². The second-order valence-electron chi connectivity index (χ2n) is 10.1. The number of fused-ring (bicyclic) bond motifs is 3. The highest BCUT2D eigenvalue weighted by Crippen LogP contribution is 2.33. The molecule has 0 saturated carbocycles. The molecule has 6 rings (SSSR count). The molecule has 0 unspecified atom stereocenters. The minimum absolute atomic E-state index is 0.0122. The fourth-order valence-electron chi connectivity index (χ4n) is 5.44. The van der Waals surface area contributed by atoms with Gasteiger partial charge in [-0.2, -0.15) is 17.6 Å². The molecule has 0 spiro atoms. The van der Waals surface area contributed by atoms with E-state index in [9.17, 15) is 17.6 Å². The number of pyridine rings is 1. The molecule has 0 aliphatic carbocycles. The Bertz CT molecular complexity index is 1330. The van der Waals surface area contributed by atoms with Gasteiger partial charge in [-0.15, -0.1) is 10.2 Å². The zero-order chi connectivity index (χ0) is 26.6. The van der Waals surface area contributed by atoms with Gasteiger partial charge in [-0.3, -0.25) is 14.4 Å². The van der Waals surface area contributed by atoms with E-state index >= 15 is 0 Å². The Hall–Kier alpha value is -2.96. The van der Waals surface area contributed by atoms with Gasteiger partial charge in [0.2, 0.25) is 11.9 Å². The Balaban J connectivity index is 1.23. The van der Waals surface area contributed by atoms with Crippen LogP contribution in [0, 0.1) is 12.9 Å². The zero-order valence-corrected chi connectivity index (χ0v) is 21.6. The average molecular weight is 551 g/mol. The predicted molar refractivity (Wildman–Crippen MR) is 135 cm³/mol. The molecule has 8 nitrogen and oxygen atoms in total. The lowest BCUT2D eigenvalue weighted by molar-refractivity contribution is -0.161. The molecule has 0 atom stereocenters. The maximum absolute atomic E-state index is 14.0. The molecule has 5 heterocycles. The van der Waals surface area contributed by atoms with Gasteiger partial charge >= 0.3 is 6.18 Å². The van der Waals surface area contributed by atoms with Crippen LogP contribution >= 0.6 is 11.6 Å². The van der Waals surface area contributed by atoms with Crippen molar-refractivity contribution in [3.05, 3.63) is 58.3 Å². The van der Waals surface area contributed by atoms with Crippen molar-refractivity contribution < 1.29 is 17.6 Å². The third-order valence-corrected chi connectivity index (χ3v) is 7.71. The maximum Gasteiger partial charge on any atom is 0.401 e. The van der Waals surface area contributed by atoms with E-state index in [1.165, 1.54) is 4.90 Å². The highest BCUT2D eigenvalue weighted by Gasteiger charge is 2.40. The summed E-state index contributed by atoms with van der Waals surface area (Å²) in [7, 11) is 0. The van der Waals surface area contributed by atoms with Gasteiger partial charge in [0.15, 0.2) is 5.82 Å². The van der Waals surface area contributed by atoms with Crippen molar-refractivity contribution in [2.75, 3.05) is 55.6 Å². The van der Waals surface area contributed by atoms with E-state index < -0.39 is 18.7 Å². The topological polar surface area (TPSA) is 56.6 Å². The van der Waals surface area contributed by atoms with Gasteiger partial charge in [-0.05, 0) is 36.8 Å². The van der Waals surface area contributed by atoms with E-state index in [1.807, 2.05) is 28.8 Å². The summed E-state index contributed by atoms with van der Waals surface area (Å²) in [6.45, 7) is 5.13. The molecule has 202 valence electrons. The van der Waals surface area contributed by atoms with Gasteiger partial charge in [0.25, 0.3) is 0 Å². The summed E-state index contributed by atoms with van der Waals surface area (Å²) in [4.78, 5) is 11.9. The maximum atomic E-state index is 14.0. The number of halogens is 5. The van der Waals surface area contributed by atoms with Crippen LogP contribution in [0.3, 0.4) is 0 Å². The summed E-state index contributed by atoms with van der Waals surface area (Å²) in [5.41, 5.74) is 2.41. The van der Waals surface area contributed by atoms with E-state index in [4.69, 9.17) is 11.6 Å². The number of alkyl halides is 3. The van der Waals surface area contributed by atoms with Crippen LogP contribution in [0.15, 0.2) is 30.3 Å². The van der Waals surface area contributed by atoms with E-state index in [0.29, 0.717) is 74.7 Å². The first-order valence-corrected chi connectivity index (χ1v) is 12.9. The quantitative estimate of drug-likeness (QED) is 0.363. The Morgan fingerprint density at radius 1 is 0.974 bits per heavy atom. The SMILES string of the molecule is Cc1ccc(N2CCN(c3nnc4n3-c3ccc(Cl)cc3CN(C3CN(CC(F)(F)F)C3)C4)CC2)nc1F. The second kappa shape index (κ2) is 9.65. The number of anilines is 2. The molecule has 38 heavy (non-hydrogen) atoms. The summed E-state index contributed by atoms with van der Waals surface area (Å²) >= 11 is 6.34. The van der Waals surface area contributed by atoms with Crippen LogP contribution in [0.5, 0.6) is 0 Å². The largest absolute Gasteiger partial charge is 0.401 e. The normalized spacial score (nSPS) is 19.2. The van der Waals surface area contributed by atoms with Crippen LogP contribution in [0.2, 0.25) is 5.02 Å². The summed E-state index contributed by atoms with van der Waals surface area (Å²) in [5, 5.41) is 9.64. The van der Waals surface area contributed by atoms with Gasteiger partial charge in [0.1, 0.15) is 5.82 Å². The van der Waals surface area contributed by atoms with E-state index in [1.54, 1.807) is 13.0 Å². The van der Waals surface area contributed by atoms with E-state index in [2.05, 4.69) is 29.9 Å². The van der Waals surface area contributed by atoms with Crippen molar-refractivity contribution in [1.29, 1.82) is 0 Å².